The number of anilines is 1. The Morgan fingerprint density at radius 3 is 2.48 bits per heavy atom. The average molecular weight is 287 g/mol. The fourth-order valence-corrected chi connectivity index (χ4v) is 3.73. The molecule has 21 heavy (non-hydrogen) atoms. The van der Waals surface area contributed by atoms with Gasteiger partial charge < -0.3 is 10.6 Å². The van der Waals surface area contributed by atoms with Gasteiger partial charge in [0.25, 0.3) is 0 Å². The Kier molecular flexibility index (Phi) is 4.81. The quantitative estimate of drug-likeness (QED) is 0.923. The summed E-state index contributed by atoms with van der Waals surface area (Å²) in [4.78, 5) is 5.26. The molecule has 2 N–H and O–H groups in total. The number of rotatable bonds is 4. The summed E-state index contributed by atoms with van der Waals surface area (Å²) in [5, 5.41) is 0. The van der Waals surface area contributed by atoms with Crippen LogP contribution in [-0.4, -0.2) is 37.1 Å². The molecule has 2 unspecified atom stereocenters. The van der Waals surface area contributed by atoms with Gasteiger partial charge in [0.05, 0.1) is 0 Å². The molecule has 2 fully saturated rings. The highest BCUT2D eigenvalue weighted by atomic mass is 15.3. The van der Waals surface area contributed by atoms with Gasteiger partial charge in [-0.2, -0.15) is 0 Å². The minimum absolute atomic E-state index is 0.179. The second-order valence-electron chi connectivity index (χ2n) is 6.59. The molecule has 1 aromatic carbocycles. The molecular formula is C18H29N3. The minimum atomic E-state index is 0.179. The number of likely N-dealkylation sites (tertiary alicyclic amines) is 1. The molecule has 3 nitrogen and oxygen atoms in total. The SMILES string of the molecule is CCC(N)c1ccc(N2CCC(N3CCCCC3)C2)cc1. The van der Waals surface area contributed by atoms with E-state index >= 15 is 0 Å². The van der Waals surface area contributed by atoms with Crippen molar-refractivity contribution < 1.29 is 0 Å². The van der Waals surface area contributed by atoms with Crippen LogP contribution in [0, 0.1) is 0 Å². The fraction of sp³-hybridized carbons (Fsp3) is 0.667. The molecular weight excluding hydrogens is 258 g/mol. The zero-order valence-corrected chi connectivity index (χ0v) is 13.3. The maximum absolute atomic E-state index is 6.10. The van der Waals surface area contributed by atoms with E-state index in [1.54, 1.807) is 0 Å². The second-order valence-corrected chi connectivity index (χ2v) is 6.59. The van der Waals surface area contributed by atoms with Crippen molar-refractivity contribution in [2.45, 2.75) is 51.1 Å². The van der Waals surface area contributed by atoms with Gasteiger partial charge in [-0.05, 0) is 56.5 Å². The molecule has 2 atom stereocenters. The molecule has 0 amide bonds. The molecule has 2 saturated heterocycles. The van der Waals surface area contributed by atoms with Crippen LogP contribution in [0.5, 0.6) is 0 Å². The molecule has 3 rings (SSSR count). The van der Waals surface area contributed by atoms with E-state index in [0.29, 0.717) is 0 Å². The van der Waals surface area contributed by atoms with Crippen molar-refractivity contribution in [2.75, 3.05) is 31.1 Å². The fourth-order valence-electron chi connectivity index (χ4n) is 3.73. The van der Waals surface area contributed by atoms with E-state index in [9.17, 15) is 0 Å². The smallest absolute Gasteiger partial charge is 0.0366 e. The molecule has 2 heterocycles. The van der Waals surface area contributed by atoms with Gasteiger partial charge in [-0.25, -0.2) is 0 Å². The molecule has 0 saturated carbocycles. The molecule has 1 aromatic rings. The third-order valence-corrected chi connectivity index (χ3v) is 5.20. The molecule has 2 aliphatic rings. The zero-order valence-electron chi connectivity index (χ0n) is 13.3. The Bertz CT molecular complexity index is 436. The Morgan fingerprint density at radius 1 is 1.10 bits per heavy atom. The van der Waals surface area contributed by atoms with Crippen LogP contribution in [0.4, 0.5) is 5.69 Å². The number of hydrogen-bond donors (Lipinski definition) is 1. The Labute approximate surface area is 129 Å². The van der Waals surface area contributed by atoms with Crippen LogP contribution in [0.1, 0.15) is 50.6 Å². The van der Waals surface area contributed by atoms with Gasteiger partial charge in [0, 0.05) is 30.9 Å². The number of nitrogens with two attached hydrogens (primary N) is 1. The van der Waals surface area contributed by atoms with Gasteiger partial charge in [-0.3, -0.25) is 4.90 Å². The monoisotopic (exact) mass is 287 g/mol. The first-order valence-electron chi connectivity index (χ1n) is 8.62. The van der Waals surface area contributed by atoms with Gasteiger partial charge >= 0.3 is 0 Å². The highest BCUT2D eigenvalue weighted by Crippen LogP contribution is 2.26. The third kappa shape index (κ3) is 3.41. The standard InChI is InChI=1S/C18H29N3/c1-2-18(19)15-6-8-16(9-7-15)21-13-10-17(14-21)20-11-4-3-5-12-20/h6-9,17-18H,2-5,10-14,19H2,1H3. The first-order valence-corrected chi connectivity index (χ1v) is 8.62. The van der Waals surface area contributed by atoms with E-state index in [1.807, 2.05) is 0 Å². The van der Waals surface area contributed by atoms with Crippen molar-refractivity contribution in [3.63, 3.8) is 0 Å². The summed E-state index contributed by atoms with van der Waals surface area (Å²) in [7, 11) is 0. The van der Waals surface area contributed by atoms with Gasteiger partial charge in [-0.1, -0.05) is 25.5 Å². The predicted octanol–water partition coefficient (Wildman–Crippen LogP) is 3.16. The van der Waals surface area contributed by atoms with Crippen LogP contribution in [0.15, 0.2) is 24.3 Å². The van der Waals surface area contributed by atoms with Crippen LogP contribution in [0.2, 0.25) is 0 Å². The van der Waals surface area contributed by atoms with E-state index < -0.39 is 0 Å². The van der Waals surface area contributed by atoms with Crippen molar-refractivity contribution in [3.8, 4) is 0 Å². The number of benzene rings is 1. The zero-order chi connectivity index (χ0) is 14.7. The normalized spacial score (nSPS) is 25.2. The summed E-state index contributed by atoms with van der Waals surface area (Å²) in [6, 6.07) is 9.86. The molecule has 2 aliphatic heterocycles. The second kappa shape index (κ2) is 6.80. The maximum Gasteiger partial charge on any atom is 0.0366 e. The molecule has 3 heteroatoms. The summed E-state index contributed by atoms with van der Waals surface area (Å²) in [5.41, 5.74) is 8.72. The van der Waals surface area contributed by atoms with Crippen LogP contribution < -0.4 is 10.6 Å². The van der Waals surface area contributed by atoms with E-state index in [-0.39, 0.29) is 6.04 Å². The molecule has 0 aliphatic carbocycles. The lowest BCUT2D eigenvalue weighted by molar-refractivity contribution is 0.175. The Morgan fingerprint density at radius 2 is 1.81 bits per heavy atom. The van der Waals surface area contributed by atoms with Crippen LogP contribution in [0.3, 0.4) is 0 Å². The summed E-state index contributed by atoms with van der Waals surface area (Å²) >= 11 is 0. The van der Waals surface area contributed by atoms with Gasteiger partial charge in [0.1, 0.15) is 0 Å². The van der Waals surface area contributed by atoms with Crippen LogP contribution in [-0.2, 0) is 0 Å². The van der Waals surface area contributed by atoms with Crippen molar-refractivity contribution in [2.24, 2.45) is 5.73 Å². The number of piperidine rings is 1. The molecule has 116 valence electrons. The van der Waals surface area contributed by atoms with Gasteiger partial charge in [-0.15, -0.1) is 0 Å². The van der Waals surface area contributed by atoms with Gasteiger partial charge in [0.2, 0.25) is 0 Å². The summed E-state index contributed by atoms with van der Waals surface area (Å²) < 4.78 is 0. The first-order chi connectivity index (χ1) is 10.3. The van der Waals surface area contributed by atoms with Crippen molar-refractivity contribution in [1.29, 1.82) is 0 Å². The lowest BCUT2D eigenvalue weighted by Gasteiger charge is -2.32. The van der Waals surface area contributed by atoms with Crippen LogP contribution >= 0.6 is 0 Å². The number of hydrogen-bond acceptors (Lipinski definition) is 3. The lowest BCUT2D eigenvalue weighted by Crippen LogP contribution is -2.40. The lowest BCUT2D eigenvalue weighted by atomic mass is 10.1. The molecule has 0 radical (unpaired) electrons. The topological polar surface area (TPSA) is 32.5 Å². The van der Waals surface area contributed by atoms with Crippen molar-refractivity contribution in [1.82, 2.24) is 4.90 Å². The maximum atomic E-state index is 6.10. The van der Waals surface area contributed by atoms with Crippen LogP contribution in [0.25, 0.3) is 0 Å². The van der Waals surface area contributed by atoms with Crippen molar-refractivity contribution >= 4 is 5.69 Å². The van der Waals surface area contributed by atoms with E-state index in [4.69, 9.17) is 5.73 Å². The third-order valence-electron chi connectivity index (χ3n) is 5.20. The summed E-state index contributed by atoms with van der Waals surface area (Å²) in [6.45, 7) is 7.15. The number of nitrogens with zero attached hydrogens (tertiary/aromatic N) is 2. The Hall–Kier alpha value is -1.06. The minimum Gasteiger partial charge on any atom is -0.370 e. The van der Waals surface area contributed by atoms with Crippen molar-refractivity contribution in [3.05, 3.63) is 29.8 Å². The van der Waals surface area contributed by atoms with E-state index in [2.05, 4.69) is 41.0 Å². The molecule has 0 spiro atoms. The van der Waals surface area contributed by atoms with E-state index in [1.165, 1.54) is 63.1 Å². The summed E-state index contributed by atoms with van der Waals surface area (Å²) in [6.07, 6.45) is 6.52. The van der Waals surface area contributed by atoms with Gasteiger partial charge in [0.15, 0.2) is 0 Å². The highest BCUT2D eigenvalue weighted by molar-refractivity contribution is 5.49. The first kappa shape index (κ1) is 14.9. The Balaban J connectivity index is 1.60. The van der Waals surface area contributed by atoms with E-state index in [0.717, 1.165) is 12.5 Å². The largest absolute Gasteiger partial charge is 0.370 e. The highest BCUT2D eigenvalue weighted by Gasteiger charge is 2.28. The average Bonchev–Trinajstić information content (AvgIpc) is 3.05. The molecule has 0 bridgehead atoms. The molecule has 0 aromatic heterocycles. The predicted molar refractivity (Wildman–Crippen MR) is 89.7 cm³/mol. The summed E-state index contributed by atoms with van der Waals surface area (Å²) in [5.74, 6) is 0.